The molecule has 0 aliphatic heterocycles. The highest BCUT2D eigenvalue weighted by molar-refractivity contribution is 6.30. The predicted molar refractivity (Wildman–Crippen MR) is 115 cm³/mol. The van der Waals surface area contributed by atoms with E-state index >= 15 is 0 Å². The van der Waals surface area contributed by atoms with Gasteiger partial charge in [0.2, 0.25) is 0 Å². The van der Waals surface area contributed by atoms with E-state index in [1.807, 2.05) is 31.3 Å². The summed E-state index contributed by atoms with van der Waals surface area (Å²) in [4.78, 5) is 15.4. The Hall–Kier alpha value is -1.84. The summed E-state index contributed by atoms with van der Waals surface area (Å²) in [5.41, 5.74) is 3.53. The van der Waals surface area contributed by atoms with Gasteiger partial charge in [-0.15, -0.1) is 0 Å². The van der Waals surface area contributed by atoms with E-state index in [-0.39, 0.29) is 5.91 Å². The van der Waals surface area contributed by atoms with Gasteiger partial charge in [-0.2, -0.15) is 0 Å². The Balaban J connectivity index is 1.41. The molecule has 2 aliphatic rings. The van der Waals surface area contributed by atoms with Crippen molar-refractivity contribution in [2.24, 2.45) is 0 Å². The van der Waals surface area contributed by atoms with Crippen LogP contribution in [0, 0.1) is 0 Å². The first-order valence-corrected chi connectivity index (χ1v) is 10.8. The maximum Gasteiger partial charge on any atom is 0.254 e. The third-order valence-electron chi connectivity index (χ3n) is 6.19. The fraction of sp³-hybridized carbons (Fsp3) is 0.458. The number of carbonyl (C=O) groups excluding carboxylic acids is 1. The number of amides is 1. The van der Waals surface area contributed by atoms with Crippen molar-refractivity contribution in [2.45, 2.75) is 63.1 Å². The van der Waals surface area contributed by atoms with Crippen LogP contribution in [0.3, 0.4) is 0 Å². The van der Waals surface area contributed by atoms with Gasteiger partial charge in [0.1, 0.15) is 0 Å². The largest absolute Gasteiger partial charge is 0.333 e. The van der Waals surface area contributed by atoms with Crippen LogP contribution in [0.2, 0.25) is 5.02 Å². The van der Waals surface area contributed by atoms with Crippen molar-refractivity contribution in [3.05, 3.63) is 70.2 Å². The highest BCUT2D eigenvalue weighted by atomic mass is 35.5. The van der Waals surface area contributed by atoms with E-state index < -0.39 is 0 Å². The van der Waals surface area contributed by atoms with Gasteiger partial charge in [-0.1, -0.05) is 35.9 Å². The van der Waals surface area contributed by atoms with Gasteiger partial charge in [0.05, 0.1) is 0 Å². The molecule has 0 aromatic heterocycles. The average Bonchev–Trinajstić information content (AvgIpc) is 3.55. The SMILES string of the molecule is CNCc1ccc([C@H]2CC[C@H](N(C(=O)c3ccc(Cl)cc3)C3CC3)CC2)cc1. The molecule has 3 nitrogen and oxygen atoms in total. The molecule has 0 bridgehead atoms. The average molecular weight is 397 g/mol. The van der Waals surface area contributed by atoms with Crippen LogP contribution >= 0.6 is 11.6 Å². The van der Waals surface area contributed by atoms with Gasteiger partial charge in [0, 0.05) is 29.2 Å². The molecule has 4 rings (SSSR count). The second-order valence-electron chi connectivity index (χ2n) is 8.23. The molecular formula is C24H29ClN2O. The maximum absolute atomic E-state index is 13.2. The van der Waals surface area contributed by atoms with Crippen molar-refractivity contribution in [1.82, 2.24) is 10.2 Å². The van der Waals surface area contributed by atoms with Crippen molar-refractivity contribution < 1.29 is 4.79 Å². The van der Waals surface area contributed by atoms with E-state index in [4.69, 9.17) is 11.6 Å². The normalized spacial score (nSPS) is 22.1. The Bertz CT molecular complexity index is 790. The van der Waals surface area contributed by atoms with Gasteiger partial charge in [-0.25, -0.2) is 0 Å². The summed E-state index contributed by atoms with van der Waals surface area (Å²) < 4.78 is 0. The number of halogens is 1. The van der Waals surface area contributed by atoms with E-state index in [1.165, 1.54) is 11.1 Å². The number of nitrogens with one attached hydrogen (secondary N) is 1. The van der Waals surface area contributed by atoms with Crippen molar-refractivity contribution in [1.29, 1.82) is 0 Å². The molecule has 28 heavy (non-hydrogen) atoms. The van der Waals surface area contributed by atoms with Crippen LogP contribution in [-0.2, 0) is 6.54 Å². The summed E-state index contributed by atoms with van der Waals surface area (Å²) in [6.07, 6.45) is 6.80. The van der Waals surface area contributed by atoms with E-state index in [9.17, 15) is 4.79 Å². The van der Waals surface area contributed by atoms with Gasteiger partial charge >= 0.3 is 0 Å². The lowest BCUT2D eigenvalue weighted by atomic mass is 9.81. The van der Waals surface area contributed by atoms with Crippen molar-refractivity contribution in [2.75, 3.05) is 7.05 Å². The molecule has 0 spiro atoms. The first kappa shape index (κ1) is 19.5. The molecule has 2 aromatic rings. The molecule has 0 heterocycles. The molecule has 0 saturated heterocycles. The van der Waals surface area contributed by atoms with Crippen LogP contribution in [0.4, 0.5) is 0 Å². The molecule has 0 unspecified atom stereocenters. The molecule has 2 fully saturated rings. The molecule has 2 saturated carbocycles. The summed E-state index contributed by atoms with van der Waals surface area (Å²) >= 11 is 5.99. The topological polar surface area (TPSA) is 32.3 Å². The number of hydrogen-bond acceptors (Lipinski definition) is 2. The van der Waals surface area contributed by atoms with Crippen LogP contribution in [0.1, 0.15) is 65.9 Å². The monoisotopic (exact) mass is 396 g/mol. The Labute approximate surface area is 173 Å². The highest BCUT2D eigenvalue weighted by Crippen LogP contribution is 2.39. The molecule has 1 amide bonds. The molecule has 148 valence electrons. The summed E-state index contributed by atoms with van der Waals surface area (Å²) in [6, 6.07) is 17.2. The Morgan fingerprint density at radius 1 is 0.929 bits per heavy atom. The number of benzene rings is 2. The lowest BCUT2D eigenvalue weighted by Crippen LogP contribution is -2.43. The van der Waals surface area contributed by atoms with E-state index in [2.05, 4.69) is 34.5 Å². The van der Waals surface area contributed by atoms with Crippen LogP contribution in [-0.4, -0.2) is 29.9 Å². The quantitative estimate of drug-likeness (QED) is 0.709. The van der Waals surface area contributed by atoms with Gasteiger partial charge in [-0.3, -0.25) is 4.79 Å². The third-order valence-corrected chi connectivity index (χ3v) is 6.44. The van der Waals surface area contributed by atoms with Crippen molar-refractivity contribution in [3.63, 3.8) is 0 Å². The van der Waals surface area contributed by atoms with Crippen LogP contribution < -0.4 is 5.32 Å². The minimum atomic E-state index is 0.180. The smallest absolute Gasteiger partial charge is 0.254 e. The second kappa shape index (κ2) is 8.67. The third kappa shape index (κ3) is 4.42. The number of hydrogen-bond donors (Lipinski definition) is 1. The Morgan fingerprint density at radius 2 is 1.50 bits per heavy atom. The van der Waals surface area contributed by atoms with Crippen LogP contribution in [0.25, 0.3) is 0 Å². The Kier molecular flexibility index (Phi) is 6.03. The summed E-state index contributed by atoms with van der Waals surface area (Å²) in [5.74, 6) is 0.797. The van der Waals surface area contributed by atoms with Crippen molar-refractivity contribution >= 4 is 17.5 Å². The van der Waals surface area contributed by atoms with E-state index in [0.717, 1.165) is 50.6 Å². The molecule has 0 atom stereocenters. The summed E-state index contributed by atoms with van der Waals surface area (Å²) in [7, 11) is 1.98. The lowest BCUT2D eigenvalue weighted by Gasteiger charge is -2.37. The van der Waals surface area contributed by atoms with Crippen LogP contribution in [0.5, 0.6) is 0 Å². The first-order chi connectivity index (χ1) is 13.7. The zero-order valence-electron chi connectivity index (χ0n) is 16.5. The van der Waals surface area contributed by atoms with Gasteiger partial charge in [0.25, 0.3) is 5.91 Å². The Morgan fingerprint density at radius 3 is 2.04 bits per heavy atom. The number of carbonyl (C=O) groups is 1. The van der Waals surface area contributed by atoms with Gasteiger partial charge < -0.3 is 10.2 Å². The zero-order chi connectivity index (χ0) is 19.5. The summed E-state index contributed by atoms with van der Waals surface area (Å²) in [5, 5.41) is 3.88. The number of rotatable bonds is 6. The fourth-order valence-electron chi connectivity index (χ4n) is 4.52. The molecule has 1 N–H and O–H groups in total. The number of nitrogens with zero attached hydrogens (tertiary/aromatic N) is 1. The van der Waals surface area contributed by atoms with Crippen LogP contribution in [0.15, 0.2) is 48.5 Å². The van der Waals surface area contributed by atoms with Crippen molar-refractivity contribution in [3.8, 4) is 0 Å². The minimum absolute atomic E-state index is 0.180. The first-order valence-electron chi connectivity index (χ1n) is 10.5. The highest BCUT2D eigenvalue weighted by Gasteiger charge is 2.39. The summed E-state index contributed by atoms with van der Waals surface area (Å²) in [6.45, 7) is 0.913. The second-order valence-corrected chi connectivity index (χ2v) is 8.66. The molecule has 4 heteroatoms. The molecule has 2 aromatic carbocycles. The molecule has 2 aliphatic carbocycles. The predicted octanol–water partition coefficient (Wildman–Crippen LogP) is 5.39. The van der Waals surface area contributed by atoms with Gasteiger partial charge in [-0.05, 0) is 86.9 Å². The van der Waals surface area contributed by atoms with Gasteiger partial charge in [0.15, 0.2) is 0 Å². The minimum Gasteiger partial charge on any atom is -0.333 e. The van der Waals surface area contributed by atoms with E-state index in [1.54, 1.807) is 0 Å². The maximum atomic E-state index is 13.2. The zero-order valence-corrected chi connectivity index (χ0v) is 17.3. The standard InChI is InChI=1S/C24H29ClN2O/c1-26-16-17-2-4-18(5-3-17)19-8-12-22(13-9-19)27(23-14-15-23)24(28)20-6-10-21(25)11-7-20/h2-7,10-11,19,22-23,26H,8-9,12-16H2,1H3/t19-,22-. The lowest BCUT2D eigenvalue weighted by molar-refractivity contribution is 0.0605. The molecular weight excluding hydrogens is 368 g/mol. The fourth-order valence-corrected chi connectivity index (χ4v) is 4.65. The van der Waals surface area contributed by atoms with E-state index in [0.29, 0.717) is 23.0 Å². The molecule has 0 radical (unpaired) electrons.